The number of hydrogen-bond acceptors (Lipinski definition) is 4. The van der Waals surface area contributed by atoms with E-state index in [1.165, 1.54) is 0 Å². The Labute approximate surface area is 149 Å². The molecule has 1 N–H and O–H groups in total. The van der Waals surface area contributed by atoms with E-state index in [4.69, 9.17) is 9.47 Å². The van der Waals surface area contributed by atoms with Crippen molar-refractivity contribution in [2.75, 3.05) is 25.2 Å². The molecule has 2 saturated heterocycles. The quantitative estimate of drug-likeness (QED) is 0.912. The van der Waals surface area contributed by atoms with Gasteiger partial charge >= 0.3 is 0 Å². The standard InChI is InChI=1S/C20H28N2O3/c1-20(2)17(13-10-12-25-18(13)20)21-14-7-6-11-22(19(14)23)15-8-4-5-9-16(15)24-3/h4-5,8-9,13-14,17-18,21H,6-7,10-12H2,1-3H3. The molecule has 4 rings (SSSR count). The van der Waals surface area contributed by atoms with Gasteiger partial charge in [0.1, 0.15) is 5.75 Å². The van der Waals surface area contributed by atoms with Crippen LogP contribution in [0, 0.1) is 11.3 Å². The van der Waals surface area contributed by atoms with Gasteiger partial charge < -0.3 is 19.7 Å². The van der Waals surface area contributed by atoms with E-state index >= 15 is 0 Å². The van der Waals surface area contributed by atoms with Crippen molar-refractivity contribution in [1.82, 2.24) is 5.32 Å². The normalized spacial score (nSPS) is 33.7. The van der Waals surface area contributed by atoms with Gasteiger partial charge in [-0.15, -0.1) is 0 Å². The van der Waals surface area contributed by atoms with Crippen LogP contribution < -0.4 is 15.0 Å². The third-order valence-electron chi connectivity index (χ3n) is 6.30. The maximum atomic E-state index is 13.1. The van der Waals surface area contributed by atoms with E-state index in [1.807, 2.05) is 29.2 Å². The first-order valence-electron chi connectivity index (χ1n) is 9.36. The van der Waals surface area contributed by atoms with Crippen LogP contribution in [0.15, 0.2) is 24.3 Å². The van der Waals surface area contributed by atoms with Gasteiger partial charge in [-0.1, -0.05) is 26.0 Å². The summed E-state index contributed by atoms with van der Waals surface area (Å²) in [4.78, 5) is 15.0. The summed E-state index contributed by atoms with van der Waals surface area (Å²) in [6.45, 7) is 6.11. The molecule has 2 aliphatic heterocycles. The van der Waals surface area contributed by atoms with Crippen LogP contribution >= 0.6 is 0 Å². The third-order valence-corrected chi connectivity index (χ3v) is 6.30. The molecule has 1 aliphatic carbocycles. The number of anilines is 1. The van der Waals surface area contributed by atoms with Crippen molar-refractivity contribution in [2.45, 2.75) is 51.3 Å². The summed E-state index contributed by atoms with van der Waals surface area (Å²) in [5, 5.41) is 3.69. The van der Waals surface area contributed by atoms with Crippen LogP contribution in [0.5, 0.6) is 5.75 Å². The fraction of sp³-hybridized carbons (Fsp3) is 0.650. The minimum absolute atomic E-state index is 0.0914. The van der Waals surface area contributed by atoms with Crippen LogP contribution in [-0.2, 0) is 9.53 Å². The van der Waals surface area contributed by atoms with E-state index in [1.54, 1.807) is 7.11 Å². The molecule has 1 amide bonds. The van der Waals surface area contributed by atoms with Gasteiger partial charge in [0, 0.05) is 30.5 Å². The molecule has 4 unspecified atom stereocenters. The zero-order chi connectivity index (χ0) is 17.6. The zero-order valence-electron chi connectivity index (χ0n) is 15.3. The number of benzene rings is 1. The molecule has 0 bridgehead atoms. The number of rotatable bonds is 4. The number of methoxy groups -OCH3 is 1. The second kappa shape index (κ2) is 6.29. The summed E-state index contributed by atoms with van der Waals surface area (Å²) < 4.78 is 11.3. The molecule has 3 aliphatic rings. The number of carbonyl (C=O) groups is 1. The number of fused-ring (bicyclic) bond motifs is 1. The largest absolute Gasteiger partial charge is 0.495 e. The second-order valence-electron chi connectivity index (χ2n) is 8.07. The maximum Gasteiger partial charge on any atom is 0.244 e. The van der Waals surface area contributed by atoms with Crippen molar-refractivity contribution < 1.29 is 14.3 Å². The van der Waals surface area contributed by atoms with Crippen molar-refractivity contribution in [2.24, 2.45) is 11.3 Å². The van der Waals surface area contributed by atoms with E-state index in [0.717, 1.165) is 43.9 Å². The molecule has 5 heteroatoms. The van der Waals surface area contributed by atoms with E-state index in [0.29, 0.717) is 18.1 Å². The number of ether oxygens (including phenoxy) is 2. The Morgan fingerprint density at radius 1 is 1.28 bits per heavy atom. The Bertz CT molecular complexity index is 660. The summed E-state index contributed by atoms with van der Waals surface area (Å²) in [5.74, 6) is 1.46. The summed E-state index contributed by atoms with van der Waals surface area (Å²) >= 11 is 0. The van der Waals surface area contributed by atoms with E-state index in [2.05, 4.69) is 19.2 Å². The van der Waals surface area contributed by atoms with Crippen LogP contribution in [-0.4, -0.2) is 44.4 Å². The molecule has 1 saturated carbocycles. The smallest absolute Gasteiger partial charge is 0.244 e. The first-order chi connectivity index (χ1) is 12.0. The summed E-state index contributed by atoms with van der Waals surface area (Å²) in [6.07, 6.45) is 3.34. The lowest BCUT2D eigenvalue weighted by Crippen LogP contribution is -2.69. The van der Waals surface area contributed by atoms with Gasteiger partial charge in [0.2, 0.25) is 5.91 Å². The number of para-hydroxylation sites is 2. The third kappa shape index (κ3) is 2.64. The number of piperidine rings is 1. The molecule has 2 heterocycles. The molecule has 136 valence electrons. The number of nitrogens with zero attached hydrogens (tertiary/aromatic N) is 1. The Kier molecular flexibility index (Phi) is 4.24. The van der Waals surface area contributed by atoms with Crippen LogP contribution in [0.1, 0.15) is 33.1 Å². The topological polar surface area (TPSA) is 50.8 Å². The number of nitrogens with one attached hydrogen (secondary N) is 1. The highest BCUT2D eigenvalue weighted by atomic mass is 16.5. The van der Waals surface area contributed by atoms with Crippen LogP contribution in [0.25, 0.3) is 0 Å². The lowest BCUT2D eigenvalue weighted by Gasteiger charge is -2.56. The number of hydrogen-bond donors (Lipinski definition) is 1. The van der Waals surface area contributed by atoms with Crippen molar-refractivity contribution >= 4 is 11.6 Å². The minimum Gasteiger partial charge on any atom is -0.495 e. The first-order valence-corrected chi connectivity index (χ1v) is 9.36. The Hall–Kier alpha value is -1.59. The van der Waals surface area contributed by atoms with Crippen LogP contribution in [0.4, 0.5) is 5.69 Å². The minimum atomic E-state index is -0.121. The van der Waals surface area contributed by atoms with Gasteiger partial charge in [0.05, 0.1) is 24.9 Å². The average Bonchev–Trinajstić information content (AvgIpc) is 3.08. The lowest BCUT2D eigenvalue weighted by molar-refractivity contribution is -0.131. The Balaban J connectivity index is 1.51. The molecule has 1 aromatic rings. The summed E-state index contributed by atoms with van der Waals surface area (Å²) in [6, 6.07) is 8.00. The van der Waals surface area contributed by atoms with Gasteiger partial charge in [0.15, 0.2) is 0 Å². The molecular formula is C20H28N2O3. The second-order valence-corrected chi connectivity index (χ2v) is 8.07. The predicted octanol–water partition coefficient (Wildman–Crippen LogP) is 2.59. The molecule has 0 spiro atoms. The molecular weight excluding hydrogens is 316 g/mol. The maximum absolute atomic E-state index is 13.1. The Morgan fingerprint density at radius 2 is 2.08 bits per heavy atom. The van der Waals surface area contributed by atoms with E-state index in [-0.39, 0.29) is 17.4 Å². The predicted molar refractivity (Wildman–Crippen MR) is 96.9 cm³/mol. The van der Waals surface area contributed by atoms with Gasteiger partial charge in [-0.05, 0) is 31.4 Å². The highest BCUT2D eigenvalue weighted by Gasteiger charge is 2.59. The van der Waals surface area contributed by atoms with Gasteiger partial charge in [0.25, 0.3) is 0 Å². The number of amides is 1. The lowest BCUT2D eigenvalue weighted by atomic mass is 9.57. The molecule has 0 aromatic heterocycles. The van der Waals surface area contributed by atoms with E-state index < -0.39 is 0 Å². The van der Waals surface area contributed by atoms with Gasteiger partial charge in [-0.3, -0.25) is 4.79 Å². The van der Waals surface area contributed by atoms with Crippen molar-refractivity contribution in [1.29, 1.82) is 0 Å². The summed E-state index contributed by atoms with van der Waals surface area (Å²) in [7, 11) is 1.65. The van der Waals surface area contributed by atoms with Crippen LogP contribution in [0.3, 0.4) is 0 Å². The zero-order valence-corrected chi connectivity index (χ0v) is 15.3. The van der Waals surface area contributed by atoms with E-state index in [9.17, 15) is 4.79 Å². The molecule has 25 heavy (non-hydrogen) atoms. The average molecular weight is 344 g/mol. The van der Waals surface area contributed by atoms with Gasteiger partial charge in [-0.25, -0.2) is 0 Å². The SMILES string of the molecule is COc1ccccc1N1CCCC(NC2C3CCOC3C2(C)C)C1=O. The summed E-state index contributed by atoms with van der Waals surface area (Å²) in [5.41, 5.74) is 0.963. The van der Waals surface area contributed by atoms with Crippen molar-refractivity contribution in [3.63, 3.8) is 0 Å². The van der Waals surface area contributed by atoms with Crippen molar-refractivity contribution in [3.8, 4) is 5.75 Å². The highest BCUT2D eigenvalue weighted by Crippen LogP contribution is 2.52. The molecule has 3 fully saturated rings. The first kappa shape index (κ1) is 16.9. The fourth-order valence-corrected chi connectivity index (χ4v) is 5.00. The van der Waals surface area contributed by atoms with Gasteiger partial charge in [-0.2, -0.15) is 0 Å². The Morgan fingerprint density at radius 3 is 2.88 bits per heavy atom. The fourth-order valence-electron chi connectivity index (χ4n) is 5.00. The molecule has 5 nitrogen and oxygen atoms in total. The number of carbonyl (C=O) groups excluding carboxylic acids is 1. The van der Waals surface area contributed by atoms with Crippen molar-refractivity contribution in [3.05, 3.63) is 24.3 Å². The molecule has 4 atom stereocenters. The molecule has 0 radical (unpaired) electrons. The monoisotopic (exact) mass is 344 g/mol. The molecule has 1 aromatic carbocycles. The highest BCUT2D eigenvalue weighted by molar-refractivity contribution is 5.99. The van der Waals surface area contributed by atoms with Crippen LogP contribution in [0.2, 0.25) is 0 Å².